The zero-order valence-electron chi connectivity index (χ0n) is 18.5. The van der Waals surface area contributed by atoms with E-state index in [1.54, 1.807) is 24.3 Å². The molecule has 2 aliphatic rings. The Morgan fingerprint density at radius 1 is 1.18 bits per heavy atom. The number of amides is 1. The van der Waals surface area contributed by atoms with E-state index in [1.165, 1.54) is 12.0 Å². The third-order valence-corrected chi connectivity index (χ3v) is 6.24. The summed E-state index contributed by atoms with van der Waals surface area (Å²) in [6.45, 7) is -3.28. The molecule has 2 aromatic rings. The molecule has 0 spiro atoms. The average Bonchev–Trinajstić information content (AvgIpc) is 2.81. The number of halogens is 2. The van der Waals surface area contributed by atoms with E-state index in [0.29, 0.717) is 37.0 Å². The van der Waals surface area contributed by atoms with Gasteiger partial charge in [-0.05, 0) is 42.7 Å². The second kappa shape index (κ2) is 9.46. The Bertz CT molecular complexity index is 1070. The molecule has 2 N–H and O–H groups in total. The minimum atomic E-state index is -3.20. The Balaban J connectivity index is 1.85. The van der Waals surface area contributed by atoms with Crippen molar-refractivity contribution >= 4 is 17.6 Å². The molecular formula is C24H25F2NO7. The van der Waals surface area contributed by atoms with E-state index >= 15 is 0 Å². The van der Waals surface area contributed by atoms with Crippen LogP contribution >= 0.6 is 0 Å². The largest absolute Gasteiger partial charge is 0.497 e. The maximum absolute atomic E-state index is 13.7. The molecule has 1 amide bonds. The molecule has 0 aromatic heterocycles. The van der Waals surface area contributed by atoms with Crippen LogP contribution in [0.25, 0.3) is 0 Å². The molecule has 8 nitrogen and oxygen atoms in total. The first kappa shape index (κ1) is 23.7. The molecule has 1 heterocycles. The van der Waals surface area contributed by atoms with Crippen molar-refractivity contribution in [3.05, 3.63) is 47.5 Å². The molecule has 1 atom stereocenters. The van der Waals surface area contributed by atoms with Crippen molar-refractivity contribution in [3.8, 4) is 17.2 Å². The number of aliphatic hydroxyl groups is 1. The molecule has 1 unspecified atom stereocenters. The van der Waals surface area contributed by atoms with E-state index in [0.717, 1.165) is 18.6 Å². The number of hydrogen-bond donors (Lipinski definition) is 2. The molecule has 10 heteroatoms. The van der Waals surface area contributed by atoms with Crippen molar-refractivity contribution in [2.75, 3.05) is 12.0 Å². The second-order valence-electron chi connectivity index (χ2n) is 8.41. The van der Waals surface area contributed by atoms with Gasteiger partial charge in [-0.3, -0.25) is 4.79 Å². The predicted octanol–water partition coefficient (Wildman–Crippen LogP) is 3.98. The Labute approximate surface area is 194 Å². The summed E-state index contributed by atoms with van der Waals surface area (Å²) in [5.74, 6) is -2.15. The Kier molecular flexibility index (Phi) is 6.60. The number of alkyl halides is 2. The number of fused-ring (bicyclic) bond motifs is 1. The molecule has 34 heavy (non-hydrogen) atoms. The van der Waals surface area contributed by atoms with Gasteiger partial charge in [0.15, 0.2) is 11.5 Å². The van der Waals surface area contributed by atoms with Gasteiger partial charge in [-0.25, -0.2) is 4.79 Å². The number of methoxy groups -OCH3 is 1. The summed E-state index contributed by atoms with van der Waals surface area (Å²) in [6, 6.07) is 8.92. The number of anilines is 1. The third-order valence-electron chi connectivity index (χ3n) is 6.24. The van der Waals surface area contributed by atoms with Crippen molar-refractivity contribution in [2.45, 2.75) is 57.0 Å². The van der Waals surface area contributed by atoms with Gasteiger partial charge in [0.2, 0.25) is 6.10 Å². The van der Waals surface area contributed by atoms with Gasteiger partial charge in [-0.2, -0.15) is 8.78 Å². The van der Waals surface area contributed by atoms with Gasteiger partial charge in [-0.15, -0.1) is 0 Å². The number of hydrogen-bond acceptors (Lipinski definition) is 6. The lowest BCUT2D eigenvalue weighted by Crippen LogP contribution is -2.58. The molecule has 2 aromatic carbocycles. The molecule has 182 valence electrons. The Hall–Kier alpha value is -3.40. The van der Waals surface area contributed by atoms with Gasteiger partial charge < -0.3 is 29.3 Å². The highest BCUT2D eigenvalue weighted by molar-refractivity contribution is 6.08. The fourth-order valence-electron chi connectivity index (χ4n) is 4.55. The maximum atomic E-state index is 13.7. The van der Waals surface area contributed by atoms with Crippen LogP contribution in [-0.2, 0) is 11.3 Å². The number of ether oxygens (including phenoxy) is 3. The number of nitrogens with zero attached hydrogens (tertiary/aromatic N) is 1. The van der Waals surface area contributed by atoms with Crippen LogP contribution in [0.2, 0.25) is 0 Å². The van der Waals surface area contributed by atoms with Crippen LogP contribution in [0, 0.1) is 0 Å². The average molecular weight is 477 g/mol. The normalized spacial score (nSPS) is 19.4. The van der Waals surface area contributed by atoms with Gasteiger partial charge in [-0.1, -0.05) is 31.4 Å². The number of carboxylic acids is 1. The predicted molar refractivity (Wildman–Crippen MR) is 117 cm³/mol. The van der Waals surface area contributed by atoms with Gasteiger partial charge in [0, 0.05) is 0 Å². The van der Waals surface area contributed by atoms with Gasteiger partial charge in [0.1, 0.15) is 17.0 Å². The Morgan fingerprint density at radius 2 is 1.85 bits per heavy atom. The van der Waals surface area contributed by atoms with Crippen molar-refractivity contribution in [3.63, 3.8) is 0 Å². The minimum Gasteiger partial charge on any atom is -0.497 e. The molecule has 1 saturated carbocycles. The van der Waals surface area contributed by atoms with E-state index in [4.69, 9.17) is 9.47 Å². The van der Waals surface area contributed by atoms with Crippen LogP contribution in [0.3, 0.4) is 0 Å². The van der Waals surface area contributed by atoms with Crippen LogP contribution in [-0.4, -0.2) is 47.5 Å². The highest BCUT2D eigenvalue weighted by Crippen LogP contribution is 2.48. The van der Waals surface area contributed by atoms with Crippen LogP contribution in [0.4, 0.5) is 14.5 Å². The highest BCUT2D eigenvalue weighted by Gasteiger charge is 2.50. The fraction of sp³-hybridized carbons (Fsp3) is 0.417. The summed E-state index contributed by atoms with van der Waals surface area (Å²) in [5, 5.41) is 21.1. The number of rotatable bonds is 7. The summed E-state index contributed by atoms with van der Waals surface area (Å²) >= 11 is 0. The van der Waals surface area contributed by atoms with E-state index < -0.39 is 35.9 Å². The van der Waals surface area contributed by atoms with Gasteiger partial charge in [0.05, 0.1) is 19.2 Å². The monoisotopic (exact) mass is 477 g/mol. The molecular weight excluding hydrogens is 452 g/mol. The highest BCUT2D eigenvalue weighted by atomic mass is 19.3. The third kappa shape index (κ3) is 4.50. The summed E-state index contributed by atoms with van der Waals surface area (Å²) in [7, 11) is 1.51. The van der Waals surface area contributed by atoms with Crippen LogP contribution in [0.1, 0.15) is 48.0 Å². The van der Waals surface area contributed by atoms with Crippen LogP contribution < -0.4 is 19.1 Å². The van der Waals surface area contributed by atoms with Gasteiger partial charge >= 0.3 is 12.6 Å². The summed E-state index contributed by atoms with van der Waals surface area (Å²) < 4.78 is 41.8. The molecule has 0 saturated heterocycles. The molecule has 1 aliphatic heterocycles. The number of aromatic carboxylic acids is 1. The number of carbonyl (C=O) groups excluding carboxylic acids is 1. The number of carbonyl (C=O) groups is 2. The SMILES string of the molecule is COc1ccc(CN2C(=O)C(C3(O)CCCCC3)Oc3c(OC(F)F)ccc(C(=O)O)c32)cc1. The first-order chi connectivity index (χ1) is 16.2. The minimum absolute atomic E-state index is 0.0792. The standard InChI is InChI=1S/C24H25F2NO7/c1-32-15-7-5-14(6-8-15)13-27-18-16(22(29)30)9-10-17(33-23(25)26)19(18)34-20(21(27)28)24(31)11-3-2-4-12-24/h5-10,20,23,31H,2-4,11-13H2,1H3,(H,29,30). The van der Waals surface area contributed by atoms with Crippen LogP contribution in [0.15, 0.2) is 36.4 Å². The van der Waals surface area contributed by atoms with Crippen molar-refractivity contribution < 1.29 is 42.8 Å². The van der Waals surface area contributed by atoms with E-state index in [9.17, 15) is 28.6 Å². The van der Waals surface area contributed by atoms with Crippen molar-refractivity contribution in [1.82, 2.24) is 0 Å². The molecule has 1 fully saturated rings. The molecule has 1 aliphatic carbocycles. The van der Waals surface area contributed by atoms with Crippen molar-refractivity contribution in [2.24, 2.45) is 0 Å². The van der Waals surface area contributed by atoms with E-state index in [-0.39, 0.29) is 23.5 Å². The first-order valence-electron chi connectivity index (χ1n) is 10.9. The molecule has 0 bridgehead atoms. The molecule has 0 radical (unpaired) electrons. The quantitative estimate of drug-likeness (QED) is 0.621. The summed E-state index contributed by atoms with van der Waals surface area (Å²) in [4.78, 5) is 26.8. The van der Waals surface area contributed by atoms with Crippen LogP contribution in [0.5, 0.6) is 17.2 Å². The number of benzene rings is 2. The summed E-state index contributed by atoms with van der Waals surface area (Å²) in [6.07, 6.45) is 1.41. The zero-order chi connectivity index (χ0) is 24.5. The first-order valence-corrected chi connectivity index (χ1v) is 10.9. The topological polar surface area (TPSA) is 106 Å². The van der Waals surface area contributed by atoms with E-state index in [2.05, 4.69) is 4.74 Å². The second-order valence-corrected chi connectivity index (χ2v) is 8.41. The summed E-state index contributed by atoms with van der Waals surface area (Å²) in [5.41, 5.74) is -1.39. The van der Waals surface area contributed by atoms with E-state index in [1.807, 2.05) is 0 Å². The lowest BCUT2D eigenvalue weighted by Gasteiger charge is -2.44. The maximum Gasteiger partial charge on any atom is 0.387 e. The Morgan fingerprint density at radius 3 is 2.44 bits per heavy atom. The lowest BCUT2D eigenvalue weighted by molar-refractivity contribution is -0.146. The molecule has 4 rings (SSSR count). The smallest absolute Gasteiger partial charge is 0.387 e. The fourth-order valence-corrected chi connectivity index (χ4v) is 4.55. The lowest BCUT2D eigenvalue weighted by atomic mass is 9.79. The number of carboxylic acid groups (broad SMARTS) is 1. The van der Waals surface area contributed by atoms with Gasteiger partial charge in [0.25, 0.3) is 5.91 Å². The zero-order valence-corrected chi connectivity index (χ0v) is 18.5. The van der Waals surface area contributed by atoms with Crippen molar-refractivity contribution in [1.29, 1.82) is 0 Å².